The van der Waals surface area contributed by atoms with Crippen molar-refractivity contribution in [1.82, 2.24) is 5.32 Å². The van der Waals surface area contributed by atoms with Gasteiger partial charge in [0.25, 0.3) is 0 Å². The molecule has 1 saturated heterocycles. The average Bonchev–Trinajstić information content (AvgIpc) is 3.03. The van der Waals surface area contributed by atoms with E-state index >= 15 is 0 Å². The van der Waals surface area contributed by atoms with Crippen LogP contribution in [0.5, 0.6) is 5.75 Å². The quantitative estimate of drug-likeness (QED) is 0.874. The molecule has 1 aliphatic carbocycles. The average molecular weight is 291 g/mol. The minimum atomic E-state index is -0.0992. The number of benzene rings is 1. The van der Waals surface area contributed by atoms with E-state index in [2.05, 4.69) is 18.3 Å². The molecule has 1 unspecified atom stereocenters. The maximum absolute atomic E-state index is 6.08. The van der Waals surface area contributed by atoms with Crippen LogP contribution >= 0.6 is 0 Å². The fourth-order valence-electron chi connectivity index (χ4n) is 3.64. The van der Waals surface area contributed by atoms with Crippen molar-refractivity contribution in [2.45, 2.75) is 50.5 Å². The summed E-state index contributed by atoms with van der Waals surface area (Å²) in [6.45, 7) is 4.47. The van der Waals surface area contributed by atoms with Crippen molar-refractivity contribution in [2.75, 3.05) is 20.3 Å². The van der Waals surface area contributed by atoms with Crippen LogP contribution in [0.4, 0.5) is 0 Å². The Balaban J connectivity index is 1.63. The first-order valence-electron chi connectivity index (χ1n) is 7.91. The summed E-state index contributed by atoms with van der Waals surface area (Å²) in [6.07, 6.45) is 3.51. The molecule has 1 saturated carbocycles. The predicted molar refractivity (Wildman–Crippen MR) is 81.6 cm³/mol. The Bertz CT molecular complexity index is 471. The maximum atomic E-state index is 6.08. The Kier molecular flexibility index (Phi) is 4.48. The molecule has 21 heavy (non-hydrogen) atoms. The highest BCUT2D eigenvalue weighted by molar-refractivity contribution is 5.33. The number of hydrogen-bond acceptors (Lipinski definition) is 4. The molecule has 3 atom stereocenters. The van der Waals surface area contributed by atoms with Gasteiger partial charge in [0.15, 0.2) is 0 Å². The summed E-state index contributed by atoms with van der Waals surface area (Å²) in [7, 11) is 1.72. The first-order valence-corrected chi connectivity index (χ1v) is 7.91. The van der Waals surface area contributed by atoms with E-state index in [9.17, 15) is 0 Å². The Hall–Kier alpha value is -1.10. The van der Waals surface area contributed by atoms with Gasteiger partial charge in [-0.1, -0.05) is 18.2 Å². The molecular formula is C17H25NO3. The zero-order valence-electron chi connectivity index (χ0n) is 12.9. The lowest BCUT2D eigenvalue weighted by Gasteiger charge is -2.52. The topological polar surface area (TPSA) is 39.7 Å². The van der Waals surface area contributed by atoms with Gasteiger partial charge in [0.1, 0.15) is 11.4 Å². The monoisotopic (exact) mass is 291 g/mol. The van der Waals surface area contributed by atoms with E-state index in [4.69, 9.17) is 14.2 Å². The molecule has 4 heteroatoms. The van der Waals surface area contributed by atoms with E-state index in [1.165, 1.54) is 5.56 Å². The standard InChI is InChI=1S/C17H25NO3/c1-3-20-16-11-15(17(16)9-6-10-21-17)18-12-13-7-4-5-8-14(13)19-2/h4-5,7-8,15-16,18H,3,6,9-12H2,1-2H3/t15?,16-,17-/m1/s1. The maximum Gasteiger partial charge on any atom is 0.123 e. The summed E-state index contributed by atoms with van der Waals surface area (Å²) in [5.41, 5.74) is 1.09. The molecule has 1 N–H and O–H groups in total. The van der Waals surface area contributed by atoms with Gasteiger partial charge in [-0.2, -0.15) is 0 Å². The van der Waals surface area contributed by atoms with Crippen molar-refractivity contribution >= 4 is 0 Å². The number of para-hydroxylation sites is 1. The summed E-state index contributed by atoms with van der Waals surface area (Å²) >= 11 is 0. The first-order chi connectivity index (χ1) is 10.3. The van der Waals surface area contributed by atoms with E-state index < -0.39 is 0 Å². The van der Waals surface area contributed by atoms with Crippen molar-refractivity contribution in [2.24, 2.45) is 0 Å². The zero-order valence-corrected chi connectivity index (χ0v) is 12.9. The molecule has 1 aliphatic heterocycles. The highest BCUT2D eigenvalue weighted by Gasteiger charge is 2.58. The SMILES string of the molecule is CCO[C@@H]1CC(NCc2ccccc2OC)[C@]12CCCO2. The second-order valence-corrected chi connectivity index (χ2v) is 5.83. The Morgan fingerprint density at radius 2 is 2.24 bits per heavy atom. The van der Waals surface area contributed by atoms with Crippen LogP contribution < -0.4 is 10.1 Å². The van der Waals surface area contributed by atoms with Crippen LogP contribution in [0.3, 0.4) is 0 Å². The third-order valence-electron chi connectivity index (χ3n) is 4.77. The molecule has 0 radical (unpaired) electrons. The van der Waals surface area contributed by atoms with E-state index in [1.54, 1.807) is 7.11 Å². The van der Waals surface area contributed by atoms with Gasteiger partial charge in [-0.3, -0.25) is 0 Å². The Morgan fingerprint density at radius 1 is 1.38 bits per heavy atom. The molecule has 116 valence electrons. The second kappa shape index (κ2) is 6.34. The van der Waals surface area contributed by atoms with Crippen molar-refractivity contribution in [3.63, 3.8) is 0 Å². The molecule has 2 fully saturated rings. The van der Waals surface area contributed by atoms with Gasteiger partial charge < -0.3 is 19.5 Å². The van der Waals surface area contributed by atoms with Crippen LogP contribution in [0.2, 0.25) is 0 Å². The number of ether oxygens (including phenoxy) is 3. The smallest absolute Gasteiger partial charge is 0.123 e. The number of hydrogen-bond donors (Lipinski definition) is 1. The minimum absolute atomic E-state index is 0.0992. The summed E-state index contributed by atoms with van der Waals surface area (Å²) < 4.78 is 17.3. The second-order valence-electron chi connectivity index (χ2n) is 5.83. The number of methoxy groups -OCH3 is 1. The van der Waals surface area contributed by atoms with Gasteiger partial charge in [0, 0.05) is 31.4 Å². The highest BCUT2D eigenvalue weighted by Crippen LogP contribution is 2.45. The molecular weight excluding hydrogens is 266 g/mol. The fourth-order valence-corrected chi connectivity index (χ4v) is 3.64. The molecule has 0 aromatic heterocycles. The summed E-state index contributed by atoms with van der Waals surface area (Å²) in [5, 5.41) is 3.65. The Morgan fingerprint density at radius 3 is 2.95 bits per heavy atom. The lowest BCUT2D eigenvalue weighted by molar-refractivity contribution is -0.197. The van der Waals surface area contributed by atoms with Gasteiger partial charge in [0.2, 0.25) is 0 Å². The highest BCUT2D eigenvalue weighted by atomic mass is 16.6. The molecule has 4 nitrogen and oxygen atoms in total. The van der Waals surface area contributed by atoms with Crippen molar-refractivity contribution in [1.29, 1.82) is 0 Å². The van der Waals surface area contributed by atoms with E-state index in [1.807, 2.05) is 18.2 Å². The van der Waals surface area contributed by atoms with Crippen LogP contribution in [-0.2, 0) is 16.0 Å². The van der Waals surface area contributed by atoms with E-state index in [0.717, 1.165) is 44.8 Å². The molecule has 1 aromatic rings. The van der Waals surface area contributed by atoms with Gasteiger partial charge in [0.05, 0.1) is 13.2 Å². The van der Waals surface area contributed by atoms with Crippen LogP contribution in [0.25, 0.3) is 0 Å². The van der Waals surface area contributed by atoms with Gasteiger partial charge >= 0.3 is 0 Å². The van der Waals surface area contributed by atoms with Crippen molar-refractivity contribution in [3.05, 3.63) is 29.8 Å². The van der Waals surface area contributed by atoms with Gasteiger partial charge in [-0.15, -0.1) is 0 Å². The molecule has 2 aliphatic rings. The Labute approximate surface area is 126 Å². The largest absolute Gasteiger partial charge is 0.496 e. The number of nitrogens with one attached hydrogen (secondary N) is 1. The molecule has 0 amide bonds. The number of rotatable bonds is 6. The summed E-state index contributed by atoms with van der Waals surface area (Å²) in [5.74, 6) is 0.937. The molecule has 0 bridgehead atoms. The lowest BCUT2D eigenvalue weighted by atomic mass is 9.70. The molecule has 1 aromatic carbocycles. The van der Waals surface area contributed by atoms with E-state index in [0.29, 0.717) is 6.04 Å². The lowest BCUT2D eigenvalue weighted by Crippen LogP contribution is -2.68. The van der Waals surface area contributed by atoms with Crippen molar-refractivity contribution in [3.8, 4) is 5.75 Å². The zero-order chi connectivity index (χ0) is 14.7. The minimum Gasteiger partial charge on any atom is -0.496 e. The first kappa shape index (κ1) is 14.8. The third-order valence-corrected chi connectivity index (χ3v) is 4.77. The van der Waals surface area contributed by atoms with Crippen LogP contribution in [0, 0.1) is 0 Å². The predicted octanol–water partition coefficient (Wildman–Crippen LogP) is 2.51. The summed E-state index contributed by atoms with van der Waals surface area (Å²) in [6, 6.07) is 8.53. The third kappa shape index (κ3) is 2.68. The molecule has 1 heterocycles. The van der Waals surface area contributed by atoms with Crippen LogP contribution in [-0.4, -0.2) is 38.1 Å². The van der Waals surface area contributed by atoms with Crippen molar-refractivity contribution < 1.29 is 14.2 Å². The fraction of sp³-hybridized carbons (Fsp3) is 0.647. The normalized spacial score (nSPS) is 31.3. The molecule has 3 rings (SSSR count). The molecule has 1 spiro atoms. The van der Waals surface area contributed by atoms with Gasteiger partial charge in [-0.25, -0.2) is 0 Å². The summed E-state index contributed by atoms with van der Waals surface area (Å²) in [4.78, 5) is 0. The van der Waals surface area contributed by atoms with Crippen LogP contribution in [0.1, 0.15) is 31.7 Å². The van der Waals surface area contributed by atoms with E-state index in [-0.39, 0.29) is 11.7 Å². The van der Waals surface area contributed by atoms with Gasteiger partial charge in [-0.05, 0) is 32.3 Å². The van der Waals surface area contributed by atoms with Crippen LogP contribution in [0.15, 0.2) is 24.3 Å².